The number of carbonyl (C=O) groups is 1. The Labute approximate surface area is 117 Å². The Kier molecular flexibility index (Phi) is 7.02. The van der Waals surface area contributed by atoms with Crippen LogP contribution in [0.15, 0.2) is 0 Å². The van der Waals surface area contributed by atoms with Gasteiger partial charge in [0.1, 0.15) is 0 Å². The lowest BCUT2D eigenvalue weighted by molar-refractivity contribution is -0.122. The molecule has 106 valence electrons. The van der Waals surface area contributed by atoms with Crippen LogP contribution in [0.25, 0.3) is 0 Å². The summed E-state index contributed by atoms with van der Waals surface area (Å²) in [4.78, 5) is 11.8. The molecule has 0 heterocycles. The van der Waals surface area contributed by atoms with Gasteiger partial charge in [0.2, 0.25) is 5.91 Å². The summed E-state index contributed by atoms with van der Waals surface area (Å²) >= 11 is 0. The molecule has 0 aromatic heterocycles. The maximum atomic E-state index is 11.8. The second kappa shape index (κ2) is 8.00. The van der Waals surface area contributed by atoms with E-state index in [2.05, 4.69) is 5.32 Å². The van der Waals surface area contributed by atoms with Crippen LogP contribution in [0, 0.1) is 11.8 Å². The van der Waals surface area contributed by atoms with Gasteiger partial charge in [-0.3, -0.25) is 4.79 Å². The second-order valence-electron chi connectivity index (χ2n) is 5.87. The summed E-state index contributed by atoms with van der Waals surface area (Å²) in [6.07, 6.45) is 10.7. The molecule has 0 aromatic carbocycles. The molecule has 0 bridgehead atoms. The molecule has 2 rings (SSSR count). The summed E-state index contributed by atoms with van der Waals surface area (Å²) in [5, 5.41) is 3.11. The fraction of sp³-hybridized carbons (Fsp3) is 0.929. The van der Waals surface area contributed by atoms with Gasteiger partial charge < -0.3 is 11.1 Å². The van der Waals surface area contributed by atoms with Crippen molar-refractivity contribution in [3.63, 3.8) is 0 Å². The largest absolute Gasteiger partial charge is 0.356 e. The van der Waals surface area contributed by atoms with Crippen molar-refractivity contribution >= 4 is 18.3 Å². The quantitative estimate of drug-likeness (QED) is 0.828. The van der Waals surface area contributed by atoms with E-state index in [4.69, 9.17) is 5.73 Å². The van der Waals surface area contributed by atoms with Crippen LogP contribution in [0.2, 0.25) is 0 Å². The van der Waals surface area contributed by atoms with Gasteiger partial charge in [0.05, 0.1) is 0 Å². The molecule has 3 nitrogen and oxygen atoms in total. The van der Waals surface area contributed by atoms with Crippen LogP contribution in [0.1, 0.15) is 57.8 Å². The van der Waals surface area contributed by atoms with E-state index in [-0.39, 0.29) is 24.4 Å². The molecule has 3 N–H and O–H groups in total. The number of hydrogen-bond acceptors (Lipinski definition) is 2. The number of carbonyl (C=O) groups excluding carboxylic acids is 1. The Morgan fingerprint density at radius 3 is 2.39 bits per heavy atom. The van der Waals surface area contributed by atoms with E-state index in [0.29, 0.717) is 12.3 Å². The number of hydrogen-bond donors (Lipinski definition) is 2. The molecule has 2 fully saturated rings. The third-order valence-electron chi connectivity index (χ3n) is 4.48. The first-order valence-corrected chi connectivity index (χ1v) is 7.28. The lowest BCUT2D eigenvalue weighted by Crippen LogP contribution is -2.34. The summed E-state index contributed by atoms with van der Waals surface area (Å²) in [5.41, 5.74) is 5.99. The van der Waals surface area contributed by atoms with Crippen molar-refractivity contribution in [1.82, 2.24) is 5.32 Å². The zero-order valence-corrected chi connectivity index (χ0v) is 12.0. The van der Waals surface area contributed by atoms with E-state index in [1.807, 2.05) is 0 Å². The average molecular weight is 275 g/mol. The van der Waals surface area contributed by atoms with E-state index in [1.54, 1.807) is 0 Å². The third-order valence-corrected chi connectivity index (χ3v) is 4.48. The first-order chi connectivity index (χ1) is 8.25. The van der Waals surface area contributed by atoms with E-state index in [1.165, 1.54) is 38.5 Å². The molecule has 4 heteroatoms. The molecule has 1 amide bonds. The fourth-order valence-corrected chi connectivity index (χ4v) is 3.28. The predicted octanol–water partition coefficient (Wildman–Crippen LogP) is 2.62. The monoisotopic (exact) mass is 274 g/mol. The van der Waals surface area contributed by atoms with Crippen LogP contribution >= 0.6 is 12.4 Å². The summed E-state index contributed by atoms with van der Waals surface area (Å²) in [6.45, 7) is 0.890. The van der Waals surface area contributed by atoms with Crippen LogP contribution in [-0.4, -0.2) is 18.5 Å². The summed E-state index contributed by atoms with van der Waals surface area (Å²) in [7, 11) is 0. The highest BCUT2D eigenvalue weighted by Gasteiger charge is 2.26. The first-order valence-electron chi connectivity index (χ1n) is 7.28. The molecule has 2 aliphatic rings. The van der Waals surface area contributed by atoms with Gasteiger partial charge in [0.25, 0.3) is 0 Å². The van der Waals surface area contributed by atoms with Crippen LogP contribution < -0.4 is 11.1 Å². The molecule has 18 heavy (non-hydrogen) atoms. The van der Waals surface area contributed by atoms with Crippen LogP contribution in [-0.2, 0) is 4.79 Å². The zero-order valence-electron chi connectivity index (χ0n) is 11.2. The Balaban J connectivity index is 0.00000162. The highest BCUT2D eigenvalue weighted by atomic mass is 35.5. The minimum Gasteiger partial charge on any atom is -0.356 e. The third kappa shape index (κ3) is 4.77. The van der Waals surface area contributed by atoms with Gasteiger partial charge in [0, 0.05) is 19.0 Å². The van der Waals surface area contributed by atoms with Crippen molar-refractivity contribution in [1.29, 1.82) is 0 Å². The lowest BCUT2D eigenvalue weighted by atomic mass is 9.89. The summed E-state index contributed by atoms with van der Waals surface area (Å²) in [5.74, 6) is 1.38. The van der Waals surface area contributed by atoms with Gasteiger partial charge in [-0.05, 0) is 37.5 Å². The van der Waals surface area contributed by atoms with Gasteiger partial charge in [-0.15, -0.1) is 12.4 Å². The molecular weight excluding hydrogens is 248 g/mol. The molecule has 0 unspecified atom stereocenters. The van der Waals surface area contributed by atoms with Crippen molar-refractivity contribution in [3.05, 3.63) is 0 Å². The minimum absolute atomic E-state index is 0. The Hall–Kier alpha value is -0.280. The van der Waals surface area contributed by atoms with Crippen LogP contribution in [0.3, 0.4) is 0 Å². The van der Waals surface area contributed by atoms with Crippen LogP contribution in [0.4, 0.5) is 0 Å². The van der Waals surface area contributed by atoms with Crippen molar-refractivity contribution < 1.29 is 4.79 Å². The van der Waals surface area contributed by atoms with Crippen molar-refractivity contribution in [3.8, 4) is 0 Å². The van der Waals surface area contributed by atoms with Gasteiger partial charge in [-0.25, -0.2) is 0 Å². The number of rotatable bonds is 4. The highest BCUT2D eigenvalue weighted by Crippen LogP contribution is 2.27. The molecule has 2 atom stereocenters. The SMILES string of the molecule is Cl.N[C@@H]1CCC[C@H]1CC(=O)NCC1CCCCC1. The number of amides is 1. The van der Waals surface area contributed by atoms with Crippen molar-refractivity contribution in [2.45, 2.75) is 63.8 Å². The Morgan fingerprint density at radius 2 is 1.78 bits per heavy atom. The standard InChI is InChI=1S/C14H26N2O.ClH/c15-13-8-4-7-12(13)9-14(17)16-10-11-5-2-1-3-6-11;/h11-13H,1-10,15H2,(H,16,17);1H/t12-,13+;/m0./s1. The molecule has 2 saturated carbocycles. The van der Waals surface area contributed by atoms with Gasteiger partial charge in [-0.2, -0.15) is 0 Å². The Morgan fingerprint density at radius 1 is 1.06 bits per heavy atom. The molecule has 0 saturated heterocycles. The molecule has 0 spiro atoms. The van der Waals surface area contributed by atoms with Crippen LogP contribution in [0.5, 0.6) is 0 Å². The van der Waals surface area contributed by atoms with E-state index in [0.717, 1.165) is 25.3 Å². The smallest absolute Gasteiger partial charge is 0.220 e. The maximum Gasteiger partial charge on any atom is 0.220 e. The normalized spacial score (nSPS) is 28.7. The van der Waals surface area contributed by atoms with Gasteiger partial charge in [0.15, 0.2) is 0 Å². The maximum absolute atomic E-state index is 11.8. The Bertz CT molecular complexity index is 254. The fourth-order valence-electron chi connectivity index (χ4n) is 3.28. The van der Waals surface area contributed by atoms with E-state index in [9.17, 15) is 4.79 Å². The number of halogens is 1. The molecule has 0 aliphatic heterocycles. The predicted molar refractivity (Wildman–Crippen MR) is 76.8 cm³/mol. The van der Waals surface area contributed by atoms with E-state index < -0.39 is 0 Å². The molecule has 2 aliphatic carbocycles. The topological polar surface area (TPSA) is 55.1 Å². The van der Waals surface area contributed by atoms with E-state index >= 15 is 0 Å². The molecule has 0 radical (unpaired) electrons. The van der Waals surface area contributed by atoms with Crippen molar-refractivity contribution in [2.24, 2.45) is 17.6 Å². The highest BCUT2D eigenvalue weighted by molar-refractivity contribution is 5.85. The van der Waals surface area contributed by atoms with Gasteiger partial charge in [-0.1, -0.05) is 25.7 Å². The lowest BCUT2D eigenvalue weighted by Gasteiger charge is -2.22. The first kappa shape index (κ1) is 15.8. The minimum atomic E-state index is 0. The number of nitrogens with one attached hydrogen (secondary N) is 1. The average Bonchev–Trinajstić information content (AvgIpc) is 2.74. The molecule has 0 aromatic rings. The molecular formula is C14H27ClN2O. The summed E-state index contributed by atoms with van der Waals surface area (Å²) < 4.78 is 0. The second-order valence-corrected chi connectivity index (χ2v) is 5.87. The number of nitrogens with two attached hydrogens (primary N) is 1. The van der Waals surface area contributed by atoms with Gasteiger partial charge >= 0.3 is 0 Å². The summed E-state index contributed by atoms with van der Waals surface area (Å²) in [6, 6.07) is 0.260. The zero-order chi connectivity index (χ0) is 12.1. The van der Waals surface area contributed by atoms with Crippen molar-refractivity contribution in [2.75, 3.05) is 6.54 Å².